The first kappa shape index (κ1) is 9.39. The molecule has 0 amide bonds. The van der Waals surface area contributed by atoms with E-state index in [1.807, 2.05) is 0 Å². The maximum Gasteiger partial charge on any atom is 0.242 e. The molecule has 0 aliphatic carbocycles. The molecule has 66 valence electrons. The lowest BCUT2D eigenvalue weighted by Crippen LogP contribution is -2.01. The molecule has 0 radical (unpaired) electrons. The molecule has 0 saturated carbocycles. The van der Waals surface area contributed by atoms with Crippen LogP contribution in [0.15, 0.2) is 18.3 Å². The largest absolute Gasteiger partial charge is 0.260 e. The van der Waals surface area contributed by atoms with Gasteiger partial charge in [0, 0.05) is 12.6 Å². The molecule has 0 unspecified atom stereocenters. The molecular weight excluding hydrogens is 184 g/mol. The van der Waals surface area contributed by atoms with Crippen LogP contribution in [-0.4, -0.2) is 11.4 Å². The van der Waals surface area contributed by atoms with Gasteiger partial charge in [-0.05, 0) is 11.6 Å². The van der Waals surface area contributed by atoms with Crippen molar-refractivity contribution in [3.05, 3.63) is 29.6 Å². The van der Waals surface area contributed by atoms with E-state index in [9.17, 15) is 8.78 Å². The average molecular weight is 192 g/mol. The Kier molecular flexibility index (Phi) is 3.41. The van der Waals surface area contributed by atoms with E-state index in [2.05, 4.69) is 4.98 Å². The molecule has 4 heteroatoms. The van der Waals surface area contributed by atoms with Crippen molar-refractivity contribution < 1.29 is 8.78 Å². The zero-order valence-corrected chi connectivity index (χ0v) is 7.06. The van der Waals surface area contributed by atoms with Gasteiger partial charge in [0.05, 0.1) is 11.6 Å². The molecule has 1 heterocycles. The lowest BCUT2D eigenvalue weighted by atomic mass is 10.1. The molecule has 0 fully saturated rings. The number of hydrogen-bond donors (Lipinski definition) is 0. The molecule has 12 heavy (non-hydrogen) atoms. The summed E-state index contributed by atoms with van der Waals surface area (Å²) in [6.07, 6.45) is -1.06. The Morgan fingerprint density at radius 2 is 2.25 bits per heavy atom. The van der Waals surface area contributed by atoms with E-state index in [0.29, 0.717) is 11.3 Å². The second-order valence-electron chi connectivity index (χ2n) is 2.34. The van der Waals surface area contributed by atoms with Crippen molar-refractivity contribution in [2.75, 3.05) is 0 Å². The van der Waals surface area contributed by atoms with E-state index in [4.69, 9.17) is 11.6 Å². The quantitative estimate of drug-likeness (QED) is 0.670. The number of halogens is 3. The number of hydrogen-bond acceptors (Lipinski definition) is 1. The van der Waals surface area contributed by atoms with Crippen LogP contribution in [0, 0.1) is 0 Å². The van der Waals surface area contributed by atoms with Crippen LogP contribution < -0.4 is 0 Å². The minimum Gasteiger partial charge on any atom is -0.260 e. The number of alkyl halides is 3. The van der Waals surface area contributed by atoms with Gasteiger partial charge in [-0.3, -0.25) is 4.98 Å². The molecule has 1 rings (SSSR count). The second kappa shape index (κ2) is 4.36. The van der Waals surface area contributed by atoms with Crippen LogP contribution in [-0.2, 0) is 12.3 Å². The Morgan fingerprint density at radius 3 is 2.83 bits per heavy atom. The van der Waals surface area contributed by atoms with Gasteiger partial charge in [0.15, 0.2) is 0 Å². The molecule has 1 nitrogen and oxygen atoms in total. The summed E-state index contributed by atoms with van der Waals surface area (Å²) in [7, 11) is 0. The third kappa shape index (κ3) is 2.41. The molecule has 0 spiro atoms. The van der Waals surface area contributed by atoms with Crippen LogP contribution in [0.2, 0.25) is 0 Å². The van der Waals surface area contributed by atoms with E-state index < -0.39 is 6.43 Å². The zero-order chi connectivity index (χ0) is 8.97. The zero-order valence-electron chi connectivity index (χ0n) is 6.30. The smallest absolute Gasteiger partial charge is 0.242 e. The summed E-state index contributed by atoms with van der Waals surface area (Å²) in [5.41, 5.74) is 1.07. The molecule has 1 aromatic heterocycles. The first-order chi connectivity index (χ1) is 5.74. The number of aromatic nitrogens is 1. The standard InChI is InChI=1S/C8H8ClF2N/c9-5-7-6(4-8(10)11)2-1-3-12-7/h1-3,8H,4-5H2. The maximum absolute atomic E-state index is 12.0. The molecule has 0 aliphatic heterocycles. The molecule has 1 aromatic rings. The van der Waals surface area contributed by atoms with Crippen LogP contribution >= 0.6 is 11.6 Å². The van der Waals surface area contributed by atoms with Crippen molar-refractivity contribution in [1.29, 1.82) is 0 Å². The highest BCUT2D eigenvalue weighted by molar-refractivity contribution is 6.17. The fraction of sp³-hybridized carbons (Fsp3) is 0.375. The number of rotatable bonds is 3. The Labute approximate surface area is 74.4 Å². The monoisotopic (exact) mass is 191 g/mol. The van der Waals surface area contributed by atoms with Crippen molar-refractivity contribution in [2.24, 2.45) is 0 Å². The van der Waals surface area contributed by atoms with Gasteiger partial charge < -0.3 is 0 Å². The van der Waals surface area contributed by atoms with Crippen molar-refractivity contribution in [2.45, 2.75) is 18.7 Å². The number of pyridine rings is 1. The van der Waals surface area contributed by atoms with E-state index in [-0.39, 0.29) is 12.3 Å². The molecule has 0 atom stereocenters. The predicted octanol–water partition coefficient (Wildman–Crippen LogP) is 2.63. The Balaban J connectivity index is 2.82. The van der Waals surface area contributed by atoms with Crippen molar-refractivity contribution >= 4 is 11.6 Å². The molecule has 0 aromatic carbocycles. The molecule has 0 N–H and O–H groups in total. The van der Waals surface area contributed by atoms with Gasteiger partial charge in [-0.2, -0.15) is 0 Å². The average Bonchev–Trinajstić information content (AvgIpc) is 2.04. The maximum atomic E-state index is 12.0. The molecule has 0 saturated heterocycles. The summed E-state index contributed by atoms with van der Waals surface area (Å²) in [6, 6.07) is 3.25. The third-order valence-corrected chi connectivity index (χ3v) is 1.74. The first-order valence-corrected chi connectivity index (χ1v) is 4.04. The van der Waals surface area contributed by atoms with Gasteiger partial charge in [0.1, 0.15) is 0 Å². The summed E-state index contributed by atoms with van der Waals surface area (Å²) in [5, 5.41) is 0. The van der Waals surface area contributed by atoms with Gasteiger partial charge in [-0.15, -0.1) is 11.6 Å². The minimum absolute atomic E-state index is 0.183. The SMILES string of the molecule is FC(F)Cc1cccnc1CCl. The third-order valence-electron chi connectivity index (χ3n) is 1.49. The highest BCUT2D eigenvalue weighted by Gasteiger charge is 2.08. The normalized spacial score (nSPS) is 10.7. The van der Waals surface area contributed by atoms with Gasteiger partial charge in [0.2, 0.25) is 6.43 Å². The molecular formula is C8H8ClF2N. The van der Waals surface area contributed by atoms with Gasteiger partial charge in [0.25, 0.3) is 0 Å². The highest BCUT2D eigenvalue weighted by atomic mass is 35.5. The van der Waals surface area contributed by atoms with Gasteiger partial charge in [-0.1, -0.05) is 6.07 Å². The fourth-order valence-electron chi connectivity index (χ4n) is 0.944. The Bertz CT molecular complexity index is 253. The van der Waals surface area contributed by atoms with Crippen molar-refractivity contribution in [1.82, 2.24) is 4.98 Å². The number of nitrogens with zero attached hydrogens (tertiary/aromatic N) is 1. The van der Waals surface area contributed by atoms with Crippen LogP contribution in [0.25, 0.3) is 0 Å². The summed E-state index contributed by atoms with van der Waals surface area (Å²) >= 11 is 5.51. The topological polar surface area (TPSA) is 12.9 Å². The predicted molar refractivity (Wildman–Crippen MR) is 43.5 cm³/mol. The first-order valence-electron chi connectivity index (χ1n) is 3.51. The van der Waals surface area contributed by atoms with E-state index in [1.54, 1.807) is 18.3 Å². The summed E-state index contributed by atoms with van der Waals surface area (Å²) in [5.74, 6) is 0.183. The molecule has 0 bridgehead atoms. The van der Waals surface area contributed by atoms with Gasteiger partial charge >= 0.3 is 0 Å². The Morgan fingerprint density at radius 1 is 1.50 bits per heavy atom. The summed E-state index contributed by atoms with van der Waals surface area (Å²) < 4.78 is 23.9. The highest BCUT2D eigenvalue weighted by Crippen LogP contribution is 2.12. The summed E-state index contributed by atoms with van der Waals surface area (Å²) in [4.78, 5) is 3.88. The summed E-state index contributed by atoms with van der Waals surface area (Å²) in [6.45, 7) is 0. The Hall–Kier alpha value is -0.700. The van der Waals surface area contributed by atoms with E-state index in [0.717, 1.165) is 0 Å². The second-order valence-corrected chi connectivity index (χ2v) is 2.61. The van der Waals surface area contributed by atoms with Crippen LogP contribution in [0.5, 0.6) is 0 Å². The van der Waals surface area contributed by atoms with Crippen molar-refractivity contribution in [3.8, 4) is 0 Å². The minimum atomic E-state index is -2.34. The van der Waals surface area contributed by atoms with Crippen LogP contribution in [0.4, 0.5) is 8.78 Å². The van der Waals surface area contributed by atoms with E-state index in [1.165, 1.54) is 0 Å². The lowest BCUT2D eigenvalue weighted by Gasteiger charge is -2.03. The van der Waals surface area contributed by atoms with E-state index >= 15 is 0 Å². The van der Waals surface area contributed by atoms with Gasteiger partial charge in [-0.25, -0.2) is 8.78 Å². The lowest BCUT2D eigenvalue weighted by molar-refractivity contribution is 0.148. The van der Waals surface area contributed by atoms with Crippen LogP contribution in [0.3, 0.4) is 0 Å². The molecule has 0 aliphatic rings. The van der Waals surface area contributed by atoms with Crippen molar-refractivity contribution in [3.63, 3.8) is 0 Å². The fourth-order valence-corrected chi connectivity index (χ4v) is 1.18. The van der Waals surface area contributed by atoms with Crippen LogP contribution in [0.1, 0.15) is 11.3 Å².